The molecule has 0 aromatic carbocycles. The Hall–Kier alpha value is -1.05. The summed E-state index contributed by atoms with van der Waals surface area (Å²) in [7, 11) is -3.52. The van der Waals surface area contributed by atoms with Gasteiger partial charge in [0.1, 0.15) is 0 Å². The maximum atomic E-state index is 12.1. The summed E-state index contributed by atoms with van der Waals surface area (Å²) in [5.41, 5.74) is 0. The molecule has 2 heterocycles. The molecule has 88 valence electrons. The van der Waals surface area contributed by atoms with Crippen molar-refractivity contribution in [2.24, 2.45) is 0 Å². The summed E-state index contributed by atoms with van der Waals surface area (Å²) in [5, 5.41) is 3.07. The molecule has 0 unspecified atom stereocenters. The number of nitrogens with one attached hydrogen (secondary N) is 1. The zero-order valence-corrected chi connectivity index (χ0v) is 9.81. The zero-order valence-electron chi connectivity index (χ0n) is 9.00. The van der Waals surface area contributed by atoms with Gasteiger partial charge in [0.25, 0.3) is 15.2 Å². The molecule has 1 aliphatic rings. The van der Waals surface area contributed by atoms with Crippen molar-refractivity contribution in [3.05, 3.63) is 18.5 Å². The first-order valence-electron chi connectivity index (χ1n) is 5.11. The largest absolute Gasteiger partial charge is 0.312 e. The molecular formula is C9H14N4O2S. The standard InChI is InChI=1S/C9H14N4O2S/c1-8-7-13(6-5-10-8)16(14,15)9-11-3-2-4-12-9/h2-4,8,10H,5-7H2,1H3/t8-/m1/s1. The third-order valence-electron chi connectivity index (χ3n) is 2.44. The van der Waals surface area contributed by atoms with Gasteiger partial charge in [0.05, 0.1) is 0 Å². The molecule has 7 heteroatoms. The summed E-state index contributed by atoms with van der Waals surface area (Å²) in [5.74, 6) is 0. The van der Waals surface area contributed by atoms with Crippen LogP contribution in [0.2, 0.25) is 0 Å². The molecule has 1 aliphatic heterocycles. The van der Waals surface area contributed by atoms with E-state index in [2.05, 4.69) is 15.3 Å². The van der Waals surface area contributed by atoms with Gasteiger partial charge < -0.3 is 5.32 Å². The summed E-state index contributed by atoms with van der Waals surface area (Å²) in [6.07, 6.45) is 2.87. The lowest BCUT2D eigenvalue weighted by Gasteiger charge is -2.30. The van der Waals surface area contributed by atoms with Crippen LogP contribution in [0, 0.1) is 0 Å². The minimum absolute atomic E-state index is 0.121. The minimum atomic E-state index is -3.52. The molecule has 6 nitrogen and oxygen atoms in total. The van der Waals surface area contributed by atoms with E-state index in [1.165, 1.54) is 16.7 Å². The minimum Gasteiger partial charge on any atom is -0.312 e. The molecule has 0 aliphatic carbocycles. The Morgan fingerprint density at radius 3 is 2.75 bits per heavy atom. The lowest BCUT2D eigenvalue weighted by atomic mass is 10.3. The Labute approximate surface area is 94.8 Å². The van der Waals surface area contributed by atoms with Gasteiger partial charge in [-0.25, -0.2) is 18.4 Å². The molecular weight excluding hydrogens is 228 g/mol. The van der Waals surface area contributed by atoms with Gasteiger partial charge in [0.2, 0.25) is 0 Å². The van der Waals surface area contributed by atoms with Crippen LogP contribution in [0.1, 0.15) is 6.92 Å². The van der Waals surface area contributed by atoms with E-state index in [9.17, 15) is 8.42 Å². The predicted octanol–water partition coefficient (Wildman–Crippen LogP) is -0.541. The first-order valence-corrected chi connectivity index (χ1v) is 6.55. The fourth-order valence-corrected chi connectivity index (χ4v) is 3.02. The second kappa shape index (κ2) is 4.44. The second-order valence-electron chi connectivity index (χ2n) is 3.75. The number of piperazine rings is 1. The van der Waals surface area contributed by atoms with Crippen LogP contribution in [0.15, 0.2) is 23.6 Å². The summed E-state index contributed by atoms with van der Waals surface area (Å²) in [6.45, 7) is 3.53. The van der Waals surface area contributed by atoms with Crippen molar-refractivity contribution in [3.8, 4) is 0 Å². The van der Waals surface area contributed by atoms with E-state index in [0.717, 1.165) is 0 Å². The van der Waals surface area contributed by atoms with Gasteiger partial charge in [-0.2, -0.15) is 4.31 Å². The van der Waals surface area contributed by atoms with Gasteiger partial charge in [-0.1, -0.05) is 0 Å². The average Bonchev–Trinajstić information content (AvgIpc) is 2.30. The van der Waals surface area contributed by atoms with E-state index in [0.29, 0.717) is 19.6 Å². The lowest BCUT2D eigenvalue weighted by Crippen LogP contribution is -2.51. The Morgan fingerprint density at radius 1 is 1.44 bits per heavy atom. The molecule has 0 saturated carbocycles. The lowest BCUT2D eigenvalue weighted by molar-refractivity contribution is 0.308. The third-order valence-corrected chi connectivity index (χ3v) is 4.13. The van der Waals surface area contributed by atoms with Gasteiger partial charge in [0, 0.05) is 38.1 Å². The van der Waals surface area contributed by atoms with E-state index in [1.807, 2.05) is 6.92 Å². The highest BCUT2D eigenvalue weighted by atomic mass is 32.2. The van der Waals surface area contributed by atoms with Crippen molar-refractivity contribution in [2.45, 2.75) is 18.1 Å². The van der Waals surface area contributed by atoms with Crippen molar-refractivity contribution in [3.63, 3.8) is 0 Å². The Kier molecular flexibility index (Phi) is 3.17. The average molecular weight is 242 g/mol. The molecule has 1 N–H and O–H groups in total. The highest BCUT2D eigenvalue weighted by Crippen LogP contribution is 2.12. The molecule has 0 radical (unpaired) electrons. The maximum Gasteiger partial charge on any atom is 0.278 e. The fourth-order valence-electron chi connectivity index (χ4n) is 1.65. The van der Waals surface area contributed by atoms with Crippen molar-refractivity contribution in [2.75, 3.05) is 19.6 Å². The van der Waals surface area contributed by atoms with E-state index in [1.54, 1.807) is 6.07 Å². The molecule has 2 rings (SSSR count). The van der Waals surface area contributed by atoms with E-state index >= 15 is 0 Å². The molecule has 1 aromatic rings. The maximum absolute atomic E-state index is 12.1. The van der Waals surface area contributed by atoms with Gasteiger partial charge in [0.15, 0.2) is 0 Å². The van der Waals surface area contributed by atoms with Crippen LogP contribution >= 0.6 is 0 Å². The summed E-state index contributed by atoms with van der Waals surface area (Å²) in [4.78, 5) is 7.58. The van der Waals surface area contributed by atoms with Crippen molar-refractivity contribution in [1.82, 2.24) is 19.6 Å². The van der Waals surface area contributed by atoms with Crippen molar-refractivity contribution < 1.29 is 8.42 Å². The molecule has 1 saturated heterocycles. The van der Waals surface area contributed by atoms with Crippen molar-refractivity contribution >= 4 is 10.0 Å². The van der Waals surface area contributed by atoms with Crippen LogP contribution in [-0.2, 0) is 10.0 Å². The molecule has 16 heavy (non-hydrogen) atoms. The Bertz CT molecular complexity index is 448. The number of nitrogens with zero attached hydrogens (tertiary/aromatic N) is 3. The quantitative estimate of drug-likeness (QED) is 0.705. The van der Waals surface area contributed by atoms with Crippen molar-refractivity contribution in [1.29, 1.82) is 0 Å². The highest BCUT2D eigenvalue weighted by molar-refractivity contribution is 7.88. The molecule has 0 spiro atoms. The first kappa shape index (κ1) is 11.4. The second-order valence-corrected chi connectivity index (χ2v) is 5.58. The number of hydrogen-bond donors (Lipinski definition) is 1. The number of aromatic nitrogens is 2. The van der Waals surface area contributed by atoms with Gasteiger partial charge in [-0.05, 0) is 13.0 Å². The number of sulfonamides is 1. The molecule has 0 amide bonds. The van der Waals surface area contributed by atoms with Crippen LogP contribution in [-0.4, -0.2) is 48.4 Å². The van der Waals surface area contributed by atoms with Crippen LogP contribution in [0.3, 0.4) is 0 Å². The number of rotatable bonds is 2. The monoisotopic (exact) mass is 242 g/mol. The van der Waals surface area contributed by atoms with Gasteiger partial charge in [-0.15, -0.1) is 0 Å². The van der Waals surface area contributed by atoms with E-state index in [4.69, 9.17) is 0 Å². The van der Waals surface area contributed by atoms with Crippen LogP contribution in [0.5, 0.6) is 0 Å². The zero-order chi connectivity index (χ0) is 11.6. The summed E-state index contributed by atoms with van der Waals surface area (Å²) < 4.78 is 25.6. The normalized spacial score (nSPS) is 23.2. The smallest absolute Gasteiger partial charge is 0.278 e. The topological polar surface area (TPSA) is 75.2 Å². The first-order chi connectivity index (χ1) is 7.60. The van der Waals surface area contributed by atoms with Gasteiger partial charge in [-0.3, -0.25) is 0 Å². The molecule has 1 aromatic heterocycles. The van der Waals surface area contributed by atoms with Crippen LogP contribution in [0.25, 0.3) is 0 Å². The van der Waals surface area contributed by atoms with E-state index < -0.39 is 10.0 Å². The van der Waals surface area contributed by atoms with Crippen LogP contribution < -0.4 is 5.32 Å². The Morgan fingerprint density at radius 2 is 2.12 bits per heavy atom. The van der Waals surface area contributed by atoms with Gasteiger partial charge >= 0.3 is 0 Å². The molecule has 1 atom stereocenters. The summed E-state index contributed by atoms with van der Waals surface area (Å²) in [6, 6.07) is 1.76. The molecule has 1 fully saturated rings. The van der Waals surface area contributed by atoms with E-state index in [-0.39, 0.29) is 11.2 Å². The summed E-state index contributed by atoms with van der Waals surface area (Å²) >= 11 is 0. The third kappa shape index (κ3) is 2.21. The molecule has 0 bridgehead atoms. The predicted molar refractivity (Wildman–Crippen MR) is 58.3 cm³/mol. The fraction of sp³-hybridized carbons (Fsp3) is 0.556. The van der Waals surface area contributed by atoms with Crippen LogP contribution in [0.4, 0.5) is 0 Å². The number of hydrogen-bond acceptors (Lipinski definition) is 5. The highest BCUT2D eigenvalue weighted by Gasteiger charge is 2.30. The SMILES string of the molecule is C[C@@H]1CN(S(=O)(=O)c2ncccn2)CCN1. The Balaban J connectivity index is 2.26.